The fourth-order valence-electron chi connectivity index (χ4n) is 3.16. The predicted octanol–water partition coefficient (Wildman–Crippen LogP) is 5.02. The minimum absolute atomic E-state index is 0.0437. The Morgan fingerprint density at radius 1 is 1.46 bits per heavy atom. The molecule has 2 aromatic heterocycles. The smallest absolute Gasteiger partial charge is 0.310 e. The molecule has 1 aromatic carbocycles. The first-order valence-corrected chi connectivity index (χ1v) is 10.0. The molecule has 0 aliphatic carbocycles. The lowest BCUT2D eigenvalue weighted by Crippen LogP contribution is -2.10. The summed E-state index contributed by atoms with van der Waals surface area (Å²) in [5.74, 6) is -0.330. The van der Waals surface area contributed by atoms with Crippen LogP contribution in [0.5, 0.6) is 11.6 Å². The Kier molecular flexibility index (Phi) is 5.12. The Balaban J connectivity index is 1.65. The van der Waals surface area contributed by atoms with Crippen LogP contribution >= 0.6 is 22.9 Å². The van der Waals surface area contributed by atoms with E-state index in [-0.39, 0.29) is 24.7 Å². The number of esters is 1. The highest BCUT2D eigenvalue weighted by Gasteiger charge is 2.29. The molecule has 8 heteroatoms. The van der Waals surface area contributed by atoms with Crippen molar-refractivity contribution in [1.82, 2.24) is 4.98 Å². The van der Waals surface area contributed by atoms with E-state index >= 15 is 4.39 Å². The molecule has 1 atom stereocenters. The summed E-state index contributed by atoms with van der Waals surface area (Å²) >= 11 is 7.60. The molecule has 4 rings (SSSR count). The summed E-state index contributed by atoms with van der Waals surface area (Å²) in [7, 11) is 0. The molecule has 0 amide bonds. The van der Waals surface area contributed by atoms with Gasteiger partial charge in [0.15, 0.2) is 17.7 Å². The zero-order valence-electron chi connectivity index (χ0n) is 15.3. The maximum absolute atomic E-state index is 15.1. The number of pyridine rings is 1. The molecule has 0 N–H and O–H groups in total. The van der Waals surface area contributed by atoms with Gasteiger partial charge in [-0.1, -0.05) is 11.6 Å². The van der Waals surface area contributed by atoms with Crippen LogP contribution in [0, 0.1) is 12.7 Å². The molecule has 3 aromatic rings. The highest BCUT2D eigenvalue weighted by Crippen LogP contribution is 2.42. The lowest BCUT2D eigenvalue weighted by molar-refractivity contribution is -0.142. The van der Waals surface area contributed by atoms with Gasteiger partial charge in [-0.2, -0.15) is 0 Å². The third kappa shape index (κ3) is 3.40. The standard InChI is InChI=1S/C20H17ClFNO4S/c1-3-25-16(24)6-11-9-28-19-17(11)13(21)7-14(18(19)22)27-15-8-26-20-12(15)5-4-10(2)23-20/h4-5,7,9,15H,3,6,8H2,1-2H3. The average Bonchev–Trinajstić information content (AvgIpc) is 3.24. The van der Waals surface area contributed by atoms with Gasteiger partial charge in [0.25, 0.3) is 0 Å². The Morgan fingerprint density at radius 2 is 2.29 bits per heavy atom. The van der Waals surface area contributed by atoms with Crippen molar-refractivity contribution < 1.29 is 23.4 Å². The topological polar surface area (TPSA) is 57.7 Å². The number of thiophene rings is 1. The molecule has 3 heterocycles. The summed E-state index contributed by atoms with van der Waals surface area (Å²) in [6, 6.07) is 5.17. The number of halogens is 2. The van der Waals surface area contributed by atoms with E-state index in [0.717, 1.165) is 11.3 Å². The minimum atomic E-state index is -0.506. The van der Waals surface area contributed by atoms with Crippen LogP contribution in [0.2, 0.25) is 5.02 Å². The molecular weight excluding hydrogens is 405 g/mol. The van der Waals surface area contributed by atoms with Crippen LogP contribution < -0.4 is 9.47 Å². The Hall–Kier alpha value is -2.38. The van der Waals surface area contributed by atoms with Gasteiger partial charge >= 0.3 is 5.97 Å². The number of ether oxygens (including phenoxy) is 3. The Morgan fingerprint density at radius 3 is 3.07 bits per heavy atom. The van der Waals surface area contributed by atoms with Crippen LogP contribution in [0.25, 0.3) is 10.1 Å². The molecule has 28 heavy (non-hydrogen) atoms. The van der Waals surface area contributed by atoms with Crippen LogP contribution in [-0.4, -0.2) is 24.2 Å². The van der Waals surface area contributed by atoms with Crippen molar-refractivity contribution in [2.75, 3.05) is 13.2 Å². The summed E-state index contributed by atoms with van der Waals surface area (Å²) in [6.45, 7) is 4.15. The summed E-state index contributed by atoms with van der Waals surface area (Å²) in [6.07, 6.45) is -0.424. The van der Waals surface area contributed by atoms with Gasteiger partial charge in [0.2, 0.25) is 5.88 Å². The summed E-state index contributed by atoms with van der Waals surface area (Å²) in [4.78, 5) is 16.1. The second kappa shape index (κ2) is 7.56. The van der Waals surface area contributed by atoms with Crippen molar-refractivity contribution in [2.45, 2.75) is 26.4 Å². The molecule has 0 saturated heterocycles. The van der Waals surface area contributed by atoms with Gasteiger partial charge in [0.1, 0.15) is 6.61 Å². The first-order chi connectivity index (χ1) is 13.5. The molecule has 1 aliphatic rings. The molecule has 0 bridgehead atoms. The van der Waals surface area contributed by atoms with E-state index in [1.165, 1.54) is 17.4 Å². The summed E-state index contributed by atoms with van der Waals surface area (Å²) in [5.41, 5.74) is 2.25. The first-order valence-electron chi connectivity index (χ1n) is 8.78. The van der Waals surface area contributed by atoms with Gasteiger partial charge in [0, 0.05) is 17.1 Å². The number of rotatable bonds is 5. The predicted molar refractivity (Wildman–Crippen MR) is 105 cm³/mol. The van der Waals surface area contributed by atoms with Gasteiger partial charge in [-0.05, 0) is 36.9 Å². The Bertz CT molecular complexity index is 1070. The zero-order chi connectivity index (χ0) is 19.8. The van der Waals surface area contributed by atoms with E-state index in [4.69, 9.17) is 25.8 Å². The third-order valence-corrected chi connectivity index (χ3v) is 5.76. The fraction of sp³-hybridized carbons (Fsp3) is 0.300. The molecular formula is C20H17ClFNO4S. The van der Waals surface area contributed by atoms with E-state index in [1.807, 2.05) is 19.1 Å². The number of hydrogen-bond acceptors (Lipinski definition) is 6. The van der Waals surface area contributed by atoms with E-state index in [9.17, 15) is 4.79 Å². The van der Waals surface area contributed by atoms with Crippen LogP contribution in [0.15, 0.2) is 23.6 Å². The van der Waals surface area contributed by atoms with Crippen molar-refractivity contribution in [3.63, 3.8) is 0 Å². The maximum Gasteiger partial charge on any atom is 0.310 e. The highest BCUT2D eigenvalue weighted by molar-refractivity contribution is 7.17. The monoisotopic (exact) mass is 421 g/mol. The fourth-order valence-corrected chi connectivity index (χ4v) is 4.56. The number of aromatic nitrogens is 1. The largest absolute Gasteiger partial charge is 0.479 e. The van der Waals surface area contributed by atoms with Crippen molar-refractivity contribution in [2.24, 2.45) is 0 Å². The number of fused-ring (bicyclic) bond motifs is 2. The minimum Gasteiger partial charge on any atom is -0.479 e. The summed E-state index contributed by atoms with van der Waals surface area (Å²) in [5, 5.41) is 2.57. The average molecular weight is 422 g/mol. The number of nitrogens with zero attached hydrogens (tertiary/aromatic N) is 1. The quantitative estimate of drug-likeness (QED) is 0.541. The lowest BCUT2D eigenvalue weighted by Gasteiger charge is -2.14. The molecule has 1 aliphatic heterocycles. The number of carbonyl (C=O) groups excluding carboxylic acids is 1. The molecule has 5 nitrogen and oxygen atoms in total. The molecule has 146 valence electrons. The van der Waals surface area contributed by atoms with E-state index < -0.39 is 11.9 Å². The van der Waals surface area contributed by atoms with Gasteiger partial charge in [-0.15, -0.1) is 11.3 Å². The van der Waals surface area contributed by atoms with Crippen LogP contribution in [0.3, 0.4) is 0 Å². The maximum atomic E-state index is 15.1. The second-order valence-electron chi connectivity index (χ2n) is 6.38. The SMILES string of the molecule is CCOC(=O)Cc1csc2c(F)c(OC3COc4nc(C)ccc43)cc(Cl)c12. The summed E-state index contributed by atoms with van der Waals surface area (Å²) < 4.78 is 31.9. The second-order valence-corrected chi connectivity index (χ2v) is 7.67. The molecule has 0 spiro atoms. The highest BCUT2D eigenvalue weighted by atomic mass is 35.5. The number of hydrogen-bond donors (Lipinski definition) is 0. The van der Waals surface area contributed by atoms with Crippen molar-refractivity contribution in [3.05, 3.63) is 51.2 Å². The first kappa shape index (κ1) is 19.0. The lowest BCUT2D eigenvalue weighted by atomic mass is 10.1. The third-order valence-electron chi connectivity index (χ3n) is 4.44. The van der Waals surface area contributed by atoms with E-state index in [0.29, 0.717) is 33.2 Å². The van der Waals surface area contributed by atoms with Gasteiger partial charge in [-0.25, -0.2) is 9.37 Å². The molecule has 0 saturated carbocycles. The van der Waals surface area contributed by atoms with Gasteiger partial charge < -0.3 is 14.2 Å². The van der Waals surface area contributed by atoms with Crippen molar-refractivity contribution in [1.29, 1.82) is 0 Å². The van der Waals surface area contributed by atoms with Crippen LogP contribution in [0.1, 0.15) is 29.8 Å². The molecule has 0 radical (unpaired) electrons. The number of carbonyl (C=O) groups is 1. The van der Waals surface area contributed by atoms with Gasteiger partial charge in [0.05, 0.1) is 28.3 Å². The van der Waals surface area contributed by atoms with Gasteiger partial charge in [-0.3, -0.25) is 4.79 Å². The number of benzene rings is 1. The zero-order valence-corrected chi connectivity index (χ0v) is 16.8. The van der Waals surface area contributed by atoms with E-state index in [2.05, 4.69) is 4.98 Å². The van der Waals surface area contributed by atoms with Crippen LogP contribution in [-0.2, 0) is 16.0 Å². The van der Waals surface area contributed by atoms with Crippen molar-refractivity contribution >= 4 is 39.0 Å². The Labute approximate surface area is 170 Å². The molecule has 0 fully saturated rings. The number of aryl methyl sites for hydroxylation is 1. The van der Waals surface area contributed by atoms with E-state index in [1.54, 1.807) is 12.3 Å². The van der Waals surface area contributed by atoms with Crippen LogP contribution in [0.4, 0.5) is 4.39 Å². The van der Waals surface area contributed by atoms with Crippen molar-refractivity contribution in [3.8, 4) is 11.6 Å². The normalized spacial score (nSPS) is 15.4. The molecule has 1 unspecified atom stereocenters.